The van der Waals surface area contributed by atoms with E-state index in [1.807, 2.05) is 0 Å². The second kappa shape index (κ2) is 6.55. The summed E-state index contributed by atoms with van der Waals surface area (Å²) in [6.45, 7) is 2.61. The summed E-state index contributed by atoms with van der Waals surface area (Å²) in [5.74, 6) is 0. The Labute approximate surface area is 105 Å². The normalized spacial score (nSPS) is 21.2. The van der Waals surface area contributed by atoms with E-state index in [1.54, 1.807) is 6.20 Å². The third-order valence-electron chi connectivity index (χ3n) is 2.79. The minimum Gasteiger partial charge on any atom is -0.376 e. The maximum atomic E-state index is 5.74. The van der Waals surface area contributed by atoms with Crippen molar-refractivity contribution in [1.29, 1.82) is 0 Å². The summed E-state index contributed by atoms with van der Waals surface area (Å²) in [6, 6.07) is 0.652. The number of aromatic nitrogens is 1. The molecule has 3 nitrogen and oxygen atoms in total. The summed E-state index contributed by atoms with van der Waals surface area (Å²) in [6.07, 6.45) is 6.84. The van der Waals surface area contributed by atoms with Gasteiger partial charge in [-0.2, -0.15) is 0 Å². The van der Waals surface area contributed by atoms with Crippen LogP contribution in [0.15, 0.2) is 6.20 Å². The molecule has 0 aromatic carbocycles. The summed E-state index contributed by atoms with van der Waals surface area (Å²) >= 11 is 7.22. The summed E-state index contributed by atoms with van der Waals surface area (Å²) in [5, 5.41) is 3.51. The van der Waals surface area contributed by atoms with Gasteiger partial charge in [-0.1, -0.05) is 18.0 Å². The van der Waals surface area contributed by atoms with Crippen LogP contribution in [0.1, 0.15) is 30.6 Å². The molecule has 0 bridgehead atoms. The van der Waals surface area contributed by atoms with Crippen molar-refractivity contribution in [2.24, 2.45) is 0 Å². The van der Waals surface area contributed by atoms with Gasteiger partial charge in [0.25, 0.3) is 0 Å². The number of nitrogens with zero attached hydrogens (tertiary/aromatic N) is 1. The van der Waals surface area contributed by atoms with Crippen molar-refractivity contribution >= 4 is 22.9 Å². The van der Waals surface area contributed by atoms with Crippen LogP contribution in [0.5, 0.6) is 0 Å². The average molecular weight is 261 g/mol. The largest absolute Gasteiger partial charge is 0.376 e. The maximum Gasteiger partial charge on any atom is 0.183 e. The summed E-state index contributed by atoms with van der Waals surface area (Å²) in [5.41, 5.74) is 0. The fourth-order valence-corrected chi connectivity index (χ4v) is 2.83. The maximum absolute atomic E-state index is 5.74. The molecule has 0 unspecified atom stereocenters. The number of piperidine rings is 1. The van der Waals surface area contributed by atoms with Crippen molar-refractivity contribution in [3.8, 4) is 0 Å². The highest BCUT2D eigenvalue weighted by atomic mass is 35.5. The number of rotatable bonds is 5. The van der Waals surface area contributed by atoms with E-state index in [0.717, 1.165) is 24.4 Å². The van der Waals surface area contributed by atoms with Gasteiger partial charge in [0.1, 0.15) is 0 Å². The molecule has 0 amide bonds. The molecule has 1 aromatic rings. The van der Waals surface area contributed by atoms with Crippen LogP contribution in [0.25, 0.3) is 0 Å². The molecule has 5 heteroatoms. The van der Waals surface area contributed by atoms with Gasteiger partial charge >= 0.3 is 0 Å². The van der Waals surface area contributed by atoms with Gasteiger partial charge in [-0.15, -0.1) is 11.3 Å². The van der Waals surface area contributed by atoms with Crippen molar-refractivity contribution in [1.82, 2.24) is 10.3 Å². The number of hydrogen-bond donors (Lipinski definition) is 1. The summed E-state index contributed by atoms with van der Waals surface area (Å²) < 4.78 is 6.20. The predicted molar refractivity (Wildman–Crippen MR) is 67.0 cm³/mol. The molecular formula is C11H17ClN2OS. The molecule has 16 heavy (non-hydrogen) atoms. The first-order valence-electron chi connectivity index (χ1n) is 5.76. The monoisotopic (exact) mass is 260 g/mol. The Bertz CT molecular complexity index is 313. The number of hydrogen-bond acceptors (Lipinski definition) is 4. The fraction of sp³-hybridized carbons (Fsp3) is 0.727. The van der Waals surface area contributed by atoms with Crippen molar-refractivity contribution in [3.05, 3.63) is 15.5 Å². The average Bonchev–Trinajstić information content (AvgIpc) is 2.72. The minimum absolute atomic E-state index is 0.590. The van der Waals surface area contributed by atoms with E-state index in [4.69, 9.17) is 16.3 Å². The molecule has 0 aliphatic carbocycles. The van der Waals surface area contributed by atoms with Gasteiger partial charge in [0.05, 0.1) is 11.5 Å². The summed E-state index contributed by atoms with van der Waals surface area (Å²) in [7, 11) is 0. The van der Waals surface area contributed by atoms with E-state index in [9.17, 15) is 0 Å². The number of thiazole rings is 1. The topological polar surface area (TPSA) is 34.1 Å². The van der Waals surface area contributed by atoms with Crippen molar-refractivity contribution < 1.29 is 4.74 Å². The van der Waals surface area contributed by atoms with Crippen LogP contribution in [0.2, 0.25) is 4.47 Å². The Morgan fingerprint density at radius 3 is 3.19 bits per heavy atom. The van der Waals surface area contributed by atoms with Crippen LogP contribution >= 0.6 is 22.9 Å². The highest BCUT2D eigenvalue weighted by molar-refractivity contribution is 7.15. The third kappa shape index (κ3) is 4.01. The van der Waals surface area contributed by atoms with E-state index in [0.29, 0.717) is 17.1 Å². The van der Waals surface area contributed by atoms with Crippen LogP contribution in [0.3, 0.4) is 0 Å². The lowest BCUT2D eigenvalue weighted by atomic mass is 10.0. The zero-order valence-electron chi connectivity index (χ0n) is 9.25. The van der Waals surface area contributed by atoms with E-state index in [1.165, 1.54) is 30.6 Å². The molecule has 0 saturated carbocycles. The van der Waals surface area contributed by atoms with E-state index >= 15 is 0 Å². The van der Waals surface area contributed by atoms with Crippen LogP contribution in [-0.4, -0.2) is 24.2 Å². The van der Waals surface area contributed by atoms with Crippen molar-refractivity contribution in [3.63, 3.8) is 0 Å². The Morgan fingerprint density at radius 1 is 1.56 bits per heavy atom. The lowest BCUT2D eigenvalue weighted by molar-refractivity contribution is 0.110. The van der Waals surface area contributed by atoms with Gasteiger partial charge in [0.2, 0.25) is 0 Å². The molecule has 2 rings (SSSR count). The molecule has 2 heterocycles. The first kappa shape index (κ1) is 12.3. The molecule has 1 aliphatic heterocycles. The Balaban J connectivity index is 1.57. The molecule has 0 radical (unpaired) electrons. The van der Waals surface area contributed by atoms with Gasteiger partial charge in [-0.25, -0.2) is 4.98 Å². The van der Waals surface area contributed by atoms with Crippen molar-refractivity contribution in [2.45, 2.75) is 38.3 Å². The second-order valence-corrected chi connectivity index (χ2v) is 5.76. The third-order valence-corrected chi connectivity index (χ3v) is 3.88. The lowest BCUT2D eigenvalue weighted by Crippen LogP contribution is -2.34. The summed E-state index contributed by atoms with van der Waals surface area (Å²) in [4.78, 5) is 5.08. The standard InChI is InChI=1S/C11H17ClN2OS/c12-11-14-7-10(16-11)8-15-6-4-9-3-1-2-5-13-9/h7,9,13H,1-6,8H2/t9-/m1/s1. The first-order valence-corrected chi connectivity index (χ1v) is 6.95. The van der Waals surface area contributed by atoms with Crippen LogP contribution in [0, 0.1) is 0 Å². The van der Waals surface area contributed by atoms with Crippen LogP contribution in [-0.2, 0) is 11.3 Å². The molecule has 1 N–H and O–H groups in total. The SMILES string of the molecule is Clc1ncc(COCC[C@H]2CCCCN2)s1. The second-order valence-electron chi connectivity index (χ2n) is 4.07. The smallest absolute Gasteiger partial charge is 0.183 e. The van der Waals surface area contributed by atoms with E-state index < -0.39 is 0 Å². The molecule has 1 saturated heterocycles. The number of ether oxygens (including phenoxy) is 1. The zero-order chi connectivity index (χ0) is 11.2. The van der Waals surface area contributed by atoms with Crippen molar-refractivity contribution in [2.75, 3.05) is 13.2 Å². The van der Waals surface area contributed by atoms with E-state index in [-0.39, 0.29) is 0 Å². The Hall–Kier alpha value is -0.160. The fourth-order valence-electron chi connectivity index (χ4n) is 1.92. The molecule has 1 atom stereocenters. The lowest BCUT2D eigenvalue weighted by Gasteiger charge is -2.23. The van der Waals surface area contributed by atoms with Crippen LogP contribution in [0.4, 0.5) is 0 Å². The molecule has 90 valence electrons. The molecular weight excluding hydrogens is 244 g/mol. The van der Waals surface area contributed by atoms with Gasteiger partial charge in [-0.05, 0) is 25.8 Å². The quantitative estimate of drug-likeness (QED) is 0.827. The van der Waals surface area contributed by atoms with Gasteiger partial charge < -0.3 is 10.1 Å². The molecule has 0 spiro atoms. The van der Waals surface area contributed by atoms with Gasteiger partial charge in [-0.3, -0.25) is 0 Å². The highest BCUT2D eigenvalue weighted by Gasteiger charge is 2.11. The van der Waals surface area contributed by atoms with Gasteiger partial charge in [0, 0.05) is 18.8 Å². The van der Waals surface area contributed by atoms with E-state index in [2.05, 4.69) is 10.3 Å². The Morgan fingerprint density at radius 2 is 2.50 bits per heavy atom. The number of nitrogens with one attached hydrogen (secondary N) is 1. The molecule has 1 fully saturated rings. The number of halogens is 1. The highest BCUT2D eigenvalue weighted by Crippen LogP contribution is 2.18. The zero-order valence-corrected chi connectivity index (χ0v) is 10.8. The Kier molecular flexibility index (Phi) is 5.03. The van der Waals surface area contributed by atoms with Gasteiger partial charge in [0.15, 0.2) is 4.47 Å². The first-order chi connectivity index (χ1) is 7.84. The van der Waals surface area contributed by atoms with Crippen LogP contribution < -0.4 is 5.32 Å². The molecule has 1 aromatic heterocycles. The minimum atomic E-state index is 0.590. The molecule has 1 aliphatic rings. The predicted octanol–water partition coefficient (Wildman–Crippen LogP) is 2.85.